The predicted octanol–water partition coefficient (Wildman–Crippen LogP) is 0.836. The first-order valence-corrected chi connectivity index (χ1v) is 7.75. The minimum Gasteiger partial charge on any atom is -0.415 e. The van der Waals surface area contributed by atoms with Crippen LogP contribution in [0.15, 0.2) is 27.5 Å². The van der Waals surface area contributed by atoms with Gasteiger partial charge in [-0.15, -0.1) is 10.2 Å². The third-order valence-corrected chi connectivity index (χ3v) is 4.40. The summed E-state index contributed by atoms with van der Waals surface area (Å²) in [6.07, 6.45) is -0.538. The molecular formula is C15H14F2N4O4. The molecule has 0 saturated carbocycles. The highest BCUT2D eigenvalue weighted by molar-refractivity contribution is 5.77. The number of nitrogens with zero attached hydrogens (tertiary/aromatic N) is 4. The Labute approximate surface area is 140 Å². The number of alkyl halides is 2. The number of halogens is 2. The quantitative estimate of drug-likeness (QED) is 0.810. The van der Waals surface area contributed by atoms with E-state index in [1.807, 2.05) is 0 Å². The van der Waals surface area contributed by atoms with Crippen molar-refractivity contribution < 1.29 is 22.7 Å². The summed E-state index contributed by atoms with van der Waals surface area (Å²) in [5, 5.41) is 6.71. The molecule has 2 aliphatic rings. The second-order valence-electron chi connectivity index (χ2n) is 6.02. The number of carbonyl (C=O) groups excluding carboxylic acids is 1. The number of ether oxygens (including phenoxy) is 1. The van der Waals surface area contributed by atoms with Crippen molar-refractivity contribution in [3.05, 3.63) is 34.6 Å². The summed E-state index contributed by atoms with van der Waals surface area (Å²) in [7, 11) is 0. The van der Waals surface area contributed by atoms with E-state index in [2.05, 4.69) is 10.2 Å². The fraction of sp³-hybridized carbons (Fsp3) is 0.467. The summed E-state index contributed by atoms with van der Waals surface area (Å²) in [5.41, 5.74) is -0.231. The maximum atomic E-state index is 12.5. The number of likely N-dealkylation sites (tertiary alicyclic amines) is 1. The Morgan fingerprint density at radius 2 is 2.24 bits per heavy atom. The average molecular weight is 352 g/mol. The predicted molar refractivity (Wildman–Crippen MR) is 78.8 cm³/mol. The molecule has 2 aromatic heterocycles. The van der Waals surface area contributed by atoms with Crippen LogP contribution in [0, 0.1) is 0 Å². The van der Waals surface area contributed by atoms with Gasteiger partial charge in [0.05, 0.1) is 18.8 Å². The molecule has 2 aliphatic heterocycles. The van der Waals surface area contributed by atoms with Gasteiger partial charge >= 0.3 is 6.43 Å². The van der Waals surface area contributed by atoms with Crippen molar-refractivity contribution in [3.8, 4) is 11.5 Å². The average Bonchev–Trinajstić information content (AvgIpc) is 3.32. The number of hydrogen-bond donors (Lipinski definition) is 0. The van der Waals surface area contributed by atoms with E-state index in [9.17, 15) is 18.4 Å². The fourth-order valence-electron chi connectivity index (χ4n) is 3.15. The molecule has 0 radical (unpaired) electrons. The third kappa shape index (κ3) is 2.93. The monoisotopic (exact) mass is 352 g/mol. The normalized spacial score (nSPS) is 22.1. The molecule has 4 rings (SSSR count). The number of fused-ring (bicyclic) bond motifs is 2. The zero-order valence-electron chi connectivity index (χ0n) is 13.0. The van der Waals surface area contributed by atoms with Crippen LogP contribution in [0.1, 0.15) is 18.7 Å². The van der Waals surface area contributed by atoms with Crippen molar-refractivity contribution in [2.45, 2.75) is 31.5 Å². The van der Waals surface area contributed by atoms with Gasteiger partial charge in [0.1, 0.15) is 6.54 Å². The Hall–Kier alpha value is -2.62. The van der Waals surface area contributed by atoms with Gasteiger partial charge in [-0.3, -0.25) is 9.59 Å². The smallest absolute Gasteiger partial charge is 0.314 e. The van der Waals surface area contributed by atoms with Crippen LogP contribution in [0.25, 0.3) is 11.5 Å². The van der Waals surface area contributed by atoms with Crippen LogP contribution < -0.4 is 5.56 Å². The highest BCUT2D eigenvalue weighted by atomic mass is 19.3. The maximum absolute atomic E-state index is 12.5. The van der Waals surface area contributed by atoms with Gasteiger partial charge in [-0.05, 0) is 12.5 Å². The molecule has 0 N–H and O–H groups in total. The summed E-state index contributed by atoms with van der Waals surface area (Å²) in [5.74, 6) is -1.12. The molecule has 2 fully saturated rings. The molecule has 25 heavy (non-hydrogen) atoms. The van der Waals surface area contributed by atoms with Crippen LogP contribution in [0.3, 0.4) is 0 Å². The largest absolute Gasteiger partial charge is 0.415 e. The first kappa shape index (κ1) is 15.9. The lowest BCUT2D eigenvalue weighted by Crippen LogP contribution is -2.44. The topological polar surface area (TPSA) is 90.5 Å². The molecule has 1 amide bonds. The molecule has 0 spiro atoms. The van der Waals surface area contributed by atoms with E-state index in [1.54, 1.807) is 4.90 Å². The molecule has 8 nitrogen and oxygen atoms in total. The van der Waals surface area contributed by atoms with E-state index >= 15 is 0 Å². The molecule has 2 aromatic rings. The van der Waals surface area contributed by atoms with Crippen LogP contribution >= 0.6 is 0 Å². The van der Waals surface area contributed by atoms with Crippen LogP contribution in [0.4, 0.5) is 8.78 Å². The fourth-order valence-corrected chi connectivity index (χ4v) is 3.15. The highest BCUT2D eigenvalue weighted by Gasteiger charge is 2.41. The number of hydrogen-bond acceptors (Lipinski definition) is 6. The lowest BCUT2D eigenvalue weighted by Gasteiger charge is -2.27. The van der Waals surface area contributed by atoms with Gasteiger partial charge in [-0.1, -0.05) is 0 Å². The summed E-state index contributed by atoms with van der Waals surface area (Å²) >= 11 is 0. The van der Waals surface area contributed by atoms with Crippen molar-refractivity contribution >= 4 is 5.91 Å². The van der Waals surface area contributed by atoms with E-state index in [0.717, 1.165) is 6.42 Å². The lowest BCUT2D eigenvalue weighted by atomic mass is 10.2. The zero-order chi connectivity index (χ0) is 17.6. The number of pyridine rings is 1. The van der Waals surface area contributed by atoms with Crippen molar-refractivity contribution in [2.75, 3.05) is 13.2 Å². The molecular weight excluding hydrogens is 338 g/mol. The Kier molecular flexibility index (Phi) is 3.83. The molecule has 4 heterocycles. The van der Waals surface area contributed by atoms with Crippen LogP contribution in [-0.2, 0) is 16.1 Å². The number of amides is 1. The Morgan fingerprint density at radius 1 is 1.40 bits per heavy atom. The van der Waals surface area contributed by atoms with Gasteiger partial charge in [-0.2, -0.15) is 8.78 Å². The Bertz CT molecular complexity index is 865. The van der Waals surface area contributed by atoms with Gasteiger partial charge in [0.2, 0.25) is 11.8 Å². The molecule has 0 aromatic carbocycles. The van der Waals surface area contributed by atoms with Crippen LogP contribution in [0.2, 0.25) is 0 Å². The summed E-state index contributed by atoms with van der Waals surface area (Å²) in [6, 6.07) is 2.73. The van der Waals surface area contributed by atoms with Crippen LogP contribution in [-0.4, -0.2) is 50.9 Å². The minimum atomic E-state index is -2.88. The number of rotatable bonds is 4. The molecule has 2 bridgehead atoms. The van der Waals surface area contributed by atoms with Crippen molar-refractivity contribution in [1.82, 2.24) is 19.7 Å². The summed E-state index contributed by atoms with van der Waals surface area (Å²) in [6.45, 7) is 0.997. The lowest BCUT2D eigenvalue weighted by molar-refractivity contribution is -0.136. The summed E-state index contributed by atoms with van der Waals surface area (Å²) < 4.78 is 36.5. The zero-order valence-corrected chi connectivity index (χ0v) is 13.0. The summed E-state index contributed by atoms with van der Waals surface area (Å²) in [4.78, 5) is 26.3. The van der Waals surface area contributed by atoms with Gasteiger partial charge < -0.3 is 18.6 Å². The van der Waals surface area contributed by atoms with Gasteiger partial charge in [0.25, 0.3) is 11.4 Å². The number of carbonyl (C=O) groups is 1. The molecule has 0 aliphatic carbocycles. The molecule has 132 valence electrons. The first-order chi connectivity index (χ1) is 12.0. The standard InChI is InChI=1S/C15H14F2N4O4/c16-13(17)15-19-18-14(25-15)8-1-2-20(11(22)3-8)6-12(23)21-5-10-4-9(21)7-24-10/h1-3,9-10,13H,4-7H2. The number of morpholine rings is 1. The molecule has 2 atom stereocenters. The molecule has 2 unspecified atom stereocenters. The van der Waals surface area contributed by atoms with Gasteiger partial charge in [0, 0.05) is 24.4 Å². The molecule has 2 saturated heterocycles. The molecule has 10 heteroatoms. The second kappa shape index (κ2) is 6.03. The van der Waals surface area contributed by atoms with E-state index in [-0.39, 0.29) is 36.1 Å². The maximum Gasteiger partial charge on any atom is 0.314 e. The van der Waals surface area contributed by atoms with E-state index < -0.39 is 17.9 Å². The van der Waals surface area contributed by atoms with Crippen molar-refractivity contribution in [2.24, 2.45) is 0 Å². The number of aromatic nitrogens is 3. The first-order valence-electron chi connectivity index (χ1n) is 7.75. The van der Waals surface area contributed by atoms with Crippen LogP contribution in [0.5, 0.6) is 0 Å². The van der Waals surface area contributed by atoms with Crippen molar-refractivity contribution in [1.29, 1.82) is 0 Å². The van der Waals surface area contributed by atoms with E-state index in [0.29, 0.717) is 13.2 Å². The van der Waals surface area contributed by atoms with Gasteiger partial charge in [0.15, 0.2) is 0 Å². The van der Waals surface area contributed by atoms with E-state index in [1.165, 1.54) is 22.9 Å². The van der Waals surface area contributed by atoms with E-state index in [4.69, 9.17) is 9.15 Å². The Morgan fingerprint density at radius 3 is 2.84 bits per heavy atom. The van der Waals surface area contributed by atoms with Crippen molar-refractivity contribution in [3.63, 3.8) is 0 Å². The second-order valence-corrected chi connectivity index (χ2v) is 6.02. The minimum absolute atomic E-state index is 0.0821. The highest BCUT2D eigenvalue weighted by Crippen LogP contribution is 2.28. The SMILES string of the molecule is O=C(Cn1ccc(-c2nnc(C(F)F)o2)cc1=O)N1CC2CC1CO2. The third-order valence-electron chi connectivity index (χ3n) is 4.40. The Balaban J connectivity index is 1.50. The van der Waals surface area contributed by atoms with Gasteiger partial charge in [-0.25, -0.2) is 0 Å².